The van der Waals surface area contributed by atoms with Gasteiger partial charge in [0.25, 0.3) is 0 Å². The molecular weight excluding hydrogens is 139 g/mol. The van der Waals surface area contributed by atoms with Crippen molar-refractivity contribution in [3.05, 3.63) is 0 Å². The van der Waals surface area contributed by atoms with E-state index in [-0.39, 0.29) is 6.42 Å². The molecule has 10 heavy (non-hydrogen) atoms. The van der Waals surface area contributed by atoms with E-state index in [9.17, 15) is 14.0 Å². The lowest BCUT2D eigenvalue weighted by molar-refractivity contribution is -0.146. The number of rotatable bonds is 4. The first-order chi connectivity index (χ1) is 4.59. The zero-order valence-corrected chi connectivity index (χ0v) is 5.63. The summed E-state index contributed by atoms with van der Waals surface area (Å²) in [6.45, 7) is 0.380. The predicted octanol–water partition coefficient (Wildman–Crippen LogP) is 0.636. The molecule has 0 heterocycles. The van der Waals surface area contributed by atoms with Crippen molar-refractivity contribution < 1.29 is 19.1 Å². The largest absolute Gasteiger partial charge is 0.481 e. The molecule has 0 aromatic heterocycles. The molecule has 1 atom stereocenters. The van der Waals surface area contributed by atoms with E-state index in [2.05, 4.69) is 0 Å². The zero-order valence-electron chi connectivity index (χ0n) is 5.63. The van der Waals surface area contributed by atoms with Crippen molar-refractivity contribution in [2.75, 3.05) is 6.67 Å². The van der Waals surface area contributed by atoms with Crippen LogP contribution in [-0.4, -0.2) is 23.5 Å². The van der Waals surface area contributed by atoms with Gasteiger partial charge in [-0.05, 0) is 13.3 Å². The highest BCUT2D eigenvalue weighted by molar-refractivity contribution is 5.96. The third-order valence-corrected chi connectivity index (χ3v) is 1.19. The third kappa shape index (κ3) is 2.57. The van der Waals surface area contributed by atoms with E-state index in [1.165, 1.54) is 0 Å². The topological polar surface area (TPSA) is 54.4 Å². The van der Waals surface area contributed by atoms with E-state index in [0.717, 1.165) is 6.92 Å². The first kappa shape index (κ1) is 9.07. The Labute approximate surface area is 57.8 Å². The number of hydrogen-bond donors (Lipinski definition) is 1. The lowest BCUT2D eigenvalue weighted by Gasteiger charge is -2.03. The monoisotopic (exact) mass is 148 g/mol. The molecular formula is C6H9FO3. The highest BCUT2D eigenvalue weighted by Gasteiger charge is 2.21. The maximum absolute atomic E-state index is 11.5. The van der Waals surface area contributed by atoms with Crippen LogP contribution in [0.5, 0.6) is 0 Å². The average Bonchev–Trinajstić information content (AvgIpc) is 1.81. The van der Waals surface area contributed by atoms with Gasteiger partial charge in [0.1, 0.15) is 11.7 Å². The number of alkyl halides is 1. The van der Waals surface area contributed by atoms with Crippen LogP contribution in [0.3, 0.4) is 0 Å². The van der Waals surface area contributed by atoms with Gasteiger partial charge in [0.15, 0.2) is 0 Å². The van der Waals surface area contributed by atoms with Crippen molar-refractivity contribution in [2.45, 2.75) is 13.3 Å². The summed E-state index contributed by atoms with van der Waals surface area (Å²) in [6, 6.07) is 0. The molecule has 1 unspecified atom stereocenters. The molecule has 0 radical (unpaired) electrons. The van der Waals surface area contributed by atoms with Crippen LogP contribution in [0.1, 0.15) is 13.3 Å². The Morgan fingerprint density at radius 2 is 2.10 bits per heavy atom. The molecule has 0 aromatic carbocycles. The van der Waals surface area contributed by atoms with Crippen LogP contribution < -0.4 is 0 Å². The van der Waals surface area contributed by atoms with Crippen molar-refractivity contribution in [3.63, 3.8) is 0 Å². The predicted molar refractivity (Wildman–Crippen MR) is 32.4 cm³/mol. The zero-order chi connectivity index (χ0) is 8.15. The molecule has 0 aliphatic heterocycles. The van der Waals surface area contributed by atoms with Gasteiger partial charge in [-0.3, -0.25) is 14.0 Å². The van der Waals surface area contributed by atoms with Crippen LogP contribution >= 0.6 is 0 Å². The molecule has 0 bridgehead atoms. The molecule has 0 saturated heterocycles. The van der Waals surface area contributed by atoms with Crippen molar-refractivity contribution in [1.29, 1.82) is 0 Å². The fourth-order valence-corrected chi connectivity index (χ4v) is 0.610. The van der Waals surface area contributed by atoms with E-state index < -0.39 is 24.3 Å². The van der Waals surface area contributed by atoms with E-state index in [4.69, 9.17) is 5.11 Å². The highest BCUT2D eigenvalue weighted by atomic mass is 19.1. The van der Waals surface area contributed by atoms with Gasteiger partial charge < -0.3 is 5.11 Å². The first-order valence-corrected chi connectivity index (χ1v) is 2.88. The summed E-state index contributed by atoms with van der Waals surface area (Å²) in [6.07, 6.45) is -0.218. The molecule has 3 nitrogen and oxygen atoms in total. The van der Waals surface area contributed by atoms with Crippen LogP contribution in [0.2, 0.25) is 0 Å². The number of halogens is 1. The van der Waals surface area contributed by atoms with E-state index in [1.807, 2.05) is 0 Å². The molecule has 0 aliphatic rings. The maximum atomic E-state index is 11.5. The molecule has 0 fully saturated rings. The van der Waals surface area contributed by atoms with Crippen molar-refractivity contribution in [3.8, 4) is 0 Å². The quantitative estimate of drug-likeness (QED) is 0.595. The van der Waals surface area contributed by atoms with E-state index in [1.54, 1.807) is 0 Å². The van der Waals surface area contributed by atoms with E-state index >= 15 is 0 Å². The minimum atomic E-state index is -1.25. The summed E-state index contributed by atoms with van der Waals surface area (Å²) in [5.74, 6) is -2.90. The fraction of sp³-hybridized carbons (Fsp3) is 0.667. The van der Waals surface area contributed by atoms with Crippen LogP contribution in [0.25, 0.3) is 0 Å². The van der Waals surface area contributed by atoms with Crippen LogP contribution in [-0.2, 0) is 9.59 Å². The van der Waals surface area contributed by atoms with Crippen LogP contribution in [0, 0.1) is 5.92 Å². The molecule has 0 aliphatic carbocycles. The Kier molecular flexibility index (Phi) is 3.61. The summed E-state index contributed by atoms with van der Waals surface area (Å²) in [5.41, 5.74) is 0. The second-order valence-corrected chi connectivity index (χ2v) is 1.98. The molecule has 4 heteroatoms. The highest BCUT2D eigenvalue weighted by Crippen LogP contribution is 2.04. The number of Topliss-reactive ketones (excluding diaryl/α,β-unsaturated/α-hetero) is 1. The molecule has 58 valence electrons. The fourth-order valence-electron chi connectivity index (χ4n) is 0.610. The second-order valence-electron chi connectivity index (χ2n) is 1.98. The summed E-state index contributed by atoms with van der Waals surface area (Å²) >= 11 is 0. The number of carboxylic acids is 1. The van der Waals surface area contributed by atoms with Crippen molar-refractivity contribution in [2.24, 2.45) is 5.92 Å². The summed E-state index contributed by atoms with van der Waals surface area (Å²) < 4.78 is 11.5. The lowest BCUT2D eigenvalue weighted by Crippen LogP contribution is -2.21. The minimum Gasteiger partial charge on any atom is -0.481 e. The molecule has 1 N–H and O–H groups in total. The normalized spacial score (nSPS) is 12.6. The number of carboxylic acid groups (broad SMARTS) is 1. The third-order valence-electron chi connectivity index (χ3n) is 1.19. The van der Waals surface area contributed by atoms with Gasteiger partial charge in [0.2, 0.25) is 0 Å². The Bertz CT molecular complexity index is 130. The number of carbonyl (C=O) groups excluding carboxylic acids is 1. The summed E-state index contributed by atoms with van der Waals surface area (Å²) in [5, 5.41) is 8.29. The lowest BCUT2D eigenvalue weighted by atomic mass is 10.0. The van der Waals surface area contributed by atoms with E-state index in [0.29, 0.717) is 0 Å². The van der Waals surface area contributed by atoms with Gasteiger partial charge >= 0.3 is 5.97 Å². The Hall–Kier alpha value is -0.930. The Balaban J connectivity index is 3.98. The maximum Gasteiger partial charge on any atom is 0.314 e. The smallest absolute Gasteiger partial charge is 0.314 e. The number of carbonyl (C=O) groups is 2. The van der Waals surface area contributed by atoms with Gasteiger partial charge in [-0.25, -0.2) is 0 Å². The van der Waals surface area contributed by atoms with Crippen LogP contribution in [0.4, 0.5) is 4.39 Å². The van der Waals surface area contributed by atoms with Gasteiger partial charge in [-0.15, -0.1) is 0 Å². The SMILES string of the molecule is CC(=O)C(CCF)C(=O)O. The summed E-state index contributed by atoms with van der Waals surface area (Å²) in [4.78, 5) is 20.6. The number of aliphatic carboxylic acids is 1. The van der Waals surface area contributed by atoms with Gasteiger partial charge in [-0.2, -0.15) is 0 Å². The van der Waals surface area contributed by atoms with Gasteiger partial charge in [-0.1, -0.05) is 0 Å². The molecule has 0 saturated carbocycles. The van der Waals surface area contributed by atoms with Gasteiger partial charge in [0, 0.05) is 0 Å². The minimum absolute atomic E-state index is 0.218. The van der Waals surface area contributed by atoms with Crippen molar-refractivity contribution in [1.82, 2.24) is 0 Å². The van der Waals surface area contributed by atoms with Crippen LogP contribution in [0.15, 0.2) is 0 Å². The first-order valence-electron chi connectivity index (χ1n) is 2.88. The molecule has 0 aromatic rings. The molecule has 0 rings (SSSR count). The van der Waals surface area contributed by atoms with Crippen molar-refractivity contribution >= 4 is 11.8 Å². The average molecular weight is 148 g/mol. The number of hydrogen-bond acceptors (Lipinski definition) is 2. The Morgan fingerprint density at radius 1 is 1.60 bits per heavy atom. The van der Waals surface area contributed by atoms with Gasteiger partial charge in [0.05, 0.1) is 6.67 Å². The number of ketones is 1. The molecule has 0 spiro atoms. The second kappa shape index (κ2) is 3.98. The molecule has 0 amide bonds. The summed E-state index contributed by atoms with van der Waals surface area (Å²) in [7, 11) is 0. The Morgan fingerprint density at radius 3 is 2.20 bits per heavy atom. The standard InChI is InChI=1S/C6H9FO3/c1-4(8)5(2-3-7)6(9)10/h5H,2-3H2,1H3,(H,9,10).